The van der Waals surface area contributed by atoms with Crippen molar-refractivity contribution < 1.29 is 19.2 Å². The number of carbonyl (C=O) groups is 4. The maximum Gasteiger partial charge on any atom is 0.240 e. The molecule has 2 amide bonds. The monoisotopic (exact) mass is 500 g/mol. The summed E-state index contributed by atoms with van der Waals surface area (Å²) in [5.41, 5.74) is 5.60. The smallest absolute Gasteiger partial charge is 0.240 e. The van der Waals surface area contributed by atoms with Crippen molar-refractivity contribution in [1.29, 1.82) is 0 Å². The molecule has 0 unspecified atom stereocenters. The Kier molecular flexibility index (Phi) is 14.0. The molecule has 0 saturated carbocycles. The van der Waals surface area contributed by atoms with Crippen LogP contribution in [0.5, 0.6) is 0 Å². The predicted molar refractivity (Wildman–Crippen MR) is 112 cm³/mol. The molecule has 0 rings (SSSR count). The summed E-state index contributed by atoms with van der Waals surface area (Å²) in [5.74, 6) is 0.271. The van der Waals surface area contributed by atoms with E-state index in [4.69, 9.17) is 0 Å². The molecule has 0 heterocycles. The predicted octanol–water partition coefficient (Wildman–Crippen LogP) is 0.400. The highest BCUT2D eigenvalue weighted by atomic mass is 127. The highest BCUT2D eigenvalue weighted by Gasteiger charge is 2.23. The van der Waals surface area contributed by atoms with E-state index in [1.165, 1.54) is 18.7 Å². The van der Waals surface area contributed by atoms with Crippen molar-refractivity contribution >= 4 is 55.7 Å². The molecule has 0 radical (unpaired) electrons. The summed E-state index contributed by atoms with van der Waals surface area (Å²) in [6.45, 7) is 5.20. The van der Waals surface area contributed by atoms with Crippen molar-refractivity contribution in [3.63, 3.8) is 0 Å². The third-order valence-corrected chi connectivity index (χ3v) is 5.48. The Morgan fingerprint density at radius 3 is 2.31 bits per heavy atom. The molecule has 0 spiro atoms. The molecule has 10 heteroatoms. The lowest BCUT2D eigenvalue weighted by Crippen LogP contribution is -2.47. The molecule has 0 bridgehead atoms. The number of rotatable bonds is 14. The molecule has 26 heavy (non-hydrogen) atoms. The molecule has 0 saturated heterocycles. The largest absolute Gasteiger partial charge is 0.346 e. The Balaban J connectivity index is 4.09. The number of Topliss-reactive ketones (excluding diaryl/α,β-unsaturated/α-hetero) is 1. The van der Waals surface area contributed by atoms with Crippen LogP contribution < -0.4 is 21.5 Å². The average molecular weight is 500 g/mol. The molecular weight excluding hydrogens is 471 g/mol. The summed E-state index contributed by atoms with van der Waals surface area (Å²) in [6, 6.07) is -0.827. The zero-order valence-electron chi connectivity index (χ0n) is 15.7. The molecular formula is C16H29IN4O4S. The first-order valence-corrected chi connectivity index (χ1v) is 10.7. The van der Waals surface area contributed by atoms with Crippen LogP contribution in [0.15, 0.2) is 0 Å². The van der Waals surface area contributed by atoms with Gasteiger partial charge in [0.05, 0.1) is 18.3 Å². The Morgan fingerprint density at radius 1 is 1.15 bits per heavy atom. The van der Waals surface area contributed by atoms with Crippen molar-refractivity contribution in [3.8, 4) is 0 Å². The van der Waals surface area contributed by atoms with Crippen LogP contribution in [0.2, 0.25) is 0 Å². The van der Waals surface area contributed by atoms with Crippen molar-refractivity contribution in [2.24, 2.45) is 5.92 Å². The molecule has 0 fully saturated rings. The minimum absolute atomic E-state index is 0.0294. The quantitative estimate of drug-likeness (QED) is 0.118. The number of thioether (sulfide) groups is 1. The fourth-order valence-electron chi connectivity index (χ4n) is 2.03. The number of hydrogen-bond acceptors (Lipinski definition) is 7. The summed E-state index contributed by atoms with van der Waals surface area (Å²) in [5, 5.41) is 5.20. The van der Waals surface area contributed by atoms with Gasteiger partial charge in [0.25, 0.3) is 0 Å². The van der Waals surface area contributed by atoms with E-state index in [-0.39, 0.29) is 45.6 Å². The Labute approximate surface area is 172 Å². The van der Waals surface area contributed by atoms with Gasteiger partial charge in [-0.25, -0.2) is 5.43 Å². The minimum atomic E-state index is -0.539. The number of hydrazine groups is 1. The van der Waals surface area contributed by atoms with Gasteiger partial charge in [-0.05, 0) is 32.1 Å². The maximum atomic E-state index is 11.9. The molecule has 3 atom stereocenters. The van der Waals surface area contributed by atoms with Gasteiger partial charge in [-0.1, -0.05) is 20.3 Å². The van der Waals surface area contributed by atoms with Gasteiger partial charge in [0.1, 0.15) is 11.8 Å². The molecule has 0 aliphatic carbocycles. The van der Waals surface area contributed by atoms with Gasteiger partial charge in [-0.15, -0.1) is 0 Å². The van der Waals surface area contributed by atoms with Crippen molar-refractivity contribution in [3.05, 3.63) is 0 Å². The molecule has 0 aliphatic heterocycles. The van der Waals surface area contributed by atoms with E-state index in [2.05, 4.69) is 21.5 Å². The van der Waals surface area contributed by atoms with E-state index in [1.807, 2.05) is 13.8 Å². The van der Waals surface area contributed by atoms with Crippen molar-refractivity contribution in [2.45, 2.75) is 45.7 Å². The number of carbonyl (C=O) groups excluding carboxylic acids is 4. The van der Waals surface area contributed by atoms with Crippen molar-refractivity contribution in [2.75, 3.05) is 25.1 Å². The standard InChI is InChI=1S/C16H29IN4O4S/c1-5-10(2)15(16(17)25)20-13(23)8-19-14(24)9-26-7-6-12(11(3)22)21-18-4/h10,12,15,18,21H,5-9H2,1-4H3,(H,19,24)(H,20,23)/t10-,12-,15-/m0/s1. The molecule has 0 aliphatic rings. The van der Waals surface area contributed by atoms with Gasteiger partial charge in [-0.3, -0.25) is 24.6 Å². The summed E-state index contributed by atoms with van der Waals surface area (Å²) in [6.07, 6.45) is 1.37. The van der Waals surface area contributed by atoms with Gasteiger partial charge in [-0.2, -0.15) is 11.8 Å². The van der Waals surface area contributed by atoms with Crippen LogP contribution in [0.4, 0.5) is 0 Å². The van der Waals surface area contributed by atoms with E-state index in [1.54, 1.807) is 29.6 Å². The SMILES string of the molecule is CC[C@H](C)[C@H](NC(=O)CNC(=O)CSCC[C@H](NNC)C(C)=O)C(=O)I. The lowest BCUT2D eigenvalue weighted by atomic mass is 10.0. The van der Waals surface area contributed by atoms with Crippen molar-refractivity contribution in [1.82, 2.24) is 21.5 Å². The third-order valence-electron chi connectivity index (χ3n) is 3.81. The highest BCUT2D eigenvalue weighted by Crippen LogP contribution is 2.11. The zero-order valence-corrected chi connectivity index (χ0v) is 18.7. The highest BCUT2D eigenvalue weighted by molar-refractivity contribution is 14.1. The van der Waals surface area contributed by atoms with E-state index in [0.717, 1.165) is 6.42 Å². The maximum absolute atomic E-state index is 11.9. The molecule has 0 aromatic heterocycles. The second kappa shape index (κ2) is 14.4. The Bertz CT molecular complexity index is 493. The van der Waals surface area contributed by atoms with Crippen LogP contribution >= 0.6 is 34.4 Å². The number of hydrogen-bond donors (Lipinski definition) is 4. The number of halogens is 1. The Hall–Kier alpha value is -0.720. The van der Waals surface area contributed by atoms with Gasteiger partial charge in [0.2, 0.25) is 15.6 Å². The van der Waals surface area contributed by atoms with Gasteiger partial charge in [0, 0.05) is 22.6 Å². The van der Waals surface area contributed by atoms with E-state index >= 15 is 0 Å². The van der Waals surface area contributed by atoms with E-state index < -0.39 is 6.04 Å². The molecule has 0 aromatic rings. The topological polar surface area (TPSA) is 116 Å². The van der Waals surface area contributed by atoms with E-state index in [0.29, 0.717) is 12.2 Å². The lowest BCUT2D eigenvalue weighted by molar-refractivity contribution is -0.126. The first-order chi connectivity index (χ1) is 12.2. The number of ketones is 1. The summed E-state index contributed by atoms with van der Waals surface area (Å²) < 4.78 is -0.123. The van der Waals surface area contributed by atoms with Crippen LogP contribution in [-0.4, -0.2) is 58.6 Å². The molecule has 4 N–H and O–H groups in total. The molecule has 8 nitrogen and oxygen atoms in total. The van der Waals surface area contributed by atoms with Gasteiger partial charge in [0.15, 0.2) is 0 Å². The number of nitrogens with one attached hydrogen (secondary N) is 4. The Morgan fingerprint density at radius 2 is 1.81 bits per heavy atom. The molecule has 0 aromatic carbocycles. The average Bonchev–Trinajstić information content (AvgIpc) is 2.59. The van der Waals surface area contributed by atoms with Gasteiger partial charge < -0.3 is 10.6 Å². The fraction of sp³-hybridized carbons (Fsp3) is 0.750. The van der Waals surface area contributed by atoms with Crippen LogP contribution in [-0.2, 0) is 19.2 Å². The minimum Gasteiger partial charge on any atom is -0.346 e. The fourth-order valence-corrected chi connectivity index (χ4v) is 3.63. The zero-order chi connectivity index (χ0) is 20.1. The second-order valence-corrected chi connectivity index (χ2v) is 8.08. The third kappa shape index (κ3) is 11.1. The summed E-state index contributed by atoms with van der Waals surface area (Å²) in [7, 11) is 1.69. The van der Waals surface area contributed by atoms with Crippen LogP contribution in [0.1, 0.15) is 33.6 Å². The second-order valence-electron chi connectivity index (χ2n) is 5.91. The first kappa shape index (κ1) is 25.3. The van der Waals surface area contributed by atoms with Gasteiger partial charge >= 0.3 is 0 Å². The normalized spacial score (nSPS) is 14.2. The number of amides is 2. The summed E-state index contributed by atoms with van der Waals surface area (Å²) in [4.78, 5) is 46.7. The van der Waals surface area contributed by atoms with Crippen LogP contribution in [0.25, 0.3) is 0 Å². The first-order valence-electron chi connectivity index (χ1n) is 8.48. The summed E-state index contributed by atoms with van der Waals surface area (Å²) >= 11 is 3.07. The lowest BCUT2D eigenvalue weighted by Gasteiger charge is -2.20. The van der Waals surface area contributed by atoms with Crippen LogP contribution in [0.3, 0.4) is 0 Å². The van der Waals surface area contributed by atoms with E-state index in [9.17, 15) is 19.2 Å². The molecule has 150 valence electrons. The van der Waals surface area contributed by atoms with Crippen LogP contribution in [0, 0.1) is 5.92 Å².